The average Bonchev–Trinajstić information content (AvgIpc) is 2.88. The minimum atomic E-state index is -4.22. The van der Waals surface area contributed by atoms with Gasteiger partial charge in [0.1, 0.15) is 0 Å². The fourth-order valence-electron chi connectivity index (χ4n) is 3.07. The molecule has 2 aliphatic heterocycles. The van der Waals surface area contributed by atoms with Crippen molar-refractivity contribution in [1.82, 2.24) is 20.0 Å². The third-order valence-corrected chi connectivity index (χ3v) is 4.40. The molecule has 2 atom stereocenters. The van der Waals surface area contributed by atoms with E-state index in [1.54, 1.807) is 16.7 Å². The first-order valence-electron chi connectivity index (χ1n) is 7.77. The smallest absolute Gasteiger partial charge is 0.341 e. The van der Waals surface area contributed by atoms with Crippen LogP contribution in [-0.2, 0) is 4.79 Å². The van der Waals surface area contributed by atoms with Gasteiger partial charge in [0.25, 0.3) is 0 Å². The highest BCUT2D eigenvalue weighted by Gasteiger charge is 2.36. The van der Waals surface area contributed by atoms with E-state index < -0.39 is 12.7 Å². The van der Waals surface area contributed by atoms with E-state index in [4.69, 9.17) is 0 Å². The van der Waals surface area contributed by atoms with Crippen LogP contribution in [0.1, 0.15) is 20.3 Å². The number of likely N-dealkylation sites (tertiary alicyclic amines) is 1. The molecule has 0 aromatic heterocycles. The highest BCUT2D eigenvalue weighted by Crippen LogP contribution is 2.20. The molecule has 9 heteroatoms. The van der Waals surface area contributed by atoms with Crippen molar-refractivity contribution in [3.63, 3.8) is 0 Å². The lowest BCUT2D eigenvalue weighted by atomic mass is 10.2. The minimum absolute atomic E-state index is 0.0175. The minimum Gasteiger partial charge on any atom is -0.341 e. The number of amides is 3. The highest BCUT2D eigenvalue weighted by atomic mass is 19.4. The molecule has 0 bridgehead atoms. The van der Waals surface area contributed by atoms with Crippen molar-refractivity contribution in [3.8, 4) is 0 Å². The molecule has 0 aromatic carbocycles. The molecule has 2 heterocycles. The summed E-state index contributed by atoms with van der Waals surface area (Å²) in [6, 6.07) is -0.692. The number of nitrogens with one attached hydrogen (secondary N) is 1. The van der Waals surface area contributed by atoms with Crippen LogP contribution < -0.4 is 5.32 Å². The van der Waals surface area contributed by atoms with Crippen molar-refractivity contribution in [2.45, 2.75) is 38.5 Å². The number of halogens is 3. The lowest BCUT2D eigenvalue weighted by Gasteiger charge is -2.40. The molecule has 3 amide bonds. The van der Waals surface area contributed by atoms with Crippen molar-refractivity contribution in [3.05, 3.63) is 0 Å². The van der Waals surface area contributed by atoms with Gasteiger partial charge >= 0.3 is 12.2 Å². The van der Waals surface area contributed by atoms with Gasteiger partial charge in [-0.05, 0) is 13.3 Å². The number of carbonyl (C=O) groups is 2. The van der Waals surface area contributed by atoms with Crippen LogP contribution in [0.4, 0.5) is 18.0 Å². The van der Waals surface area contributed by atoms with Gasteiger partial charge in [-0.2, -0.15) is 13.2 Å². The third kappa shape index (κ3) is 4.98. The number of rotatable bonds is 2. The van der Waals surface area contributed by atoms with E-state index in [9.17, 15) is 22.8 Å². The van der Waals surface area contributed by atoms with Crippen molar-refractivity contribution >= 4 is 11.9 Å². The molecule has 23 heavy (non-hydrogen) atoms. The largest absolute Gasteiger partial charge is 0.401 e. The van der Waals surface area contributed by atoms with E-state index in [1.165, 1.54) is 11.8 Å². The summed E-state index contributed by atoms with van der Waals surface area (Å²) >= 11 is 0. The maximum Gasteiger partial charge on any atom is 0.401 e. The van der Waals surface area contributed by atoms with Gasteiger partial charge in [-0.25, -0.2) is 4.79 Å². The van der Waals surface area contributed by atoms with E-state index in [0.717, 1.165) is 0 Å². The summed E-state index contributed by atoms with van der Waals surface area (Å²) in [6.45, 7) is 4.10. The van der Waals surface area contributed by atoms with E-state index >= 15 is 0 Å². The zero-order valence-electron chi connectivity index (χ0n) is 13.4. The Hall–Kier alpha value is -1.51. The predicted molar refractivity (Wildman–Crippen MR) is 77.9 cm³/mol. The first-order chi connectivity index (χ1) is 10.7. The molecule has 1 N–H and O–H groups in total. The first kappa shape index (κ1) is 17.8. The van der Waals surface area contributed by atoms with Crippen molar-refractivity contribution in [2.75, 3.05) is 39.3 Å². The Labute approximate surface area is 133 Å². The van der Waals surface area contributed by atoms with Gasteiger partial charge in [-0.15, -0.1) is 0 Å². The molecule has 0 saturated carbocycles. The number of alkyl halides is 3. The number of nitrogens with zero attached hydrogens (tertiary/aromatic N) is 3. The van der Waals surface area contributed by atoms with E-state index in [2.05, 4.69) is 5.32 Å². The van der Waals surface area contributed by atoms with Crippen LogP contribution in [-0.4, -0.2) is 84.2 Å². The molecule has 0 aromatic rings. The van der Waals surface area contributed by atoms with Crippen molar-refractivity contribution < 1.29 is 22.8 Å². The van der Waals surface area contributed by atoms with Crippen molar-refractivity contribution in [2.24, 2.45) is 0 Å². The molecule has 0 aliphatic carbocycles. The summed E-state index contributed by atoms with van der Waals surface area (Å²) in [5, 5.41) is 2.87. The third-order valence-electron chi connectivity index (χ3n) is 4.40. The second-order valence-electron chi connectivity index (χ2n) is 6.28. The number of urea groups is 1. The van der Waals surface area contributed by atoms with E-state index in [-0.39, 0.29) is 43.7 Å². The fourth-order valence-corrected chi connectivity index (χ4v) is 3.07. The van der Waals surface area contributed by atoms with Crippen LogP contribution in [0.15, 0.2) is 0 Å². The lowest BCUT2D eigenvalue weighted by molar-refractivity contribution is -0.153. The van der Waals surface area contributed by atoms with Crippen LogP contribution in [0.25, 0.3) is 0 Å². The zero-order valence-corrected chi connectivity index (χ0v) is 13.4. The molecular formula is C14H23F3N4O2. The van der Waals surface area contributed by atoms with Gasteiger partial charge in [0.2, 0.25) is 5.91 Å². The molecule has 0 spiro atoms. The van der Waals surface area contributed by atoms with Crippen LogP contribution in [0.2, 0.25) is 0 Å². The maximum absolute atomic E-state index is 12.5. The Kier molecular flexibility index (Phi) is 5.38. The first-order valence-corrected chi connectivity index (χ1v) is 7.77. The van der Waals surface area contributed by atoms with Crippen LogP contribution in [0, 0.1) is 0 Å². The molecule has 0 unspecified atom stereocenters. The second-order valence-corrected chi connectivity index (χ2v) is 6.28. The van der Waals surface area contributed by atoms with Gasteiger partial charge in [-0.1, -0.05) is 0 Å². The summed E-state index contributed by atoms with van der Waals surface area (Å²) in [4.78, 5) is 28.1. The number of piperazine rings is 1. The lowest BCUT2D eigenvalue weighted by Crippen LogP contribution is -2.58. The Balaban J connectivity index is 1.80. The Bertz CT molecular complexity index is 458. The molecular weight excluding hydrogens is 313 g/mol. The predicted octanol–water partition coefficient (Wildman–Crippen LogP) is 0.885. The SMILES string of the molecule is CC(=O)N1CC[C@H](NC(=O)N2CCN(CC(F)(F)F)[C@H](C)C2)C1. The second kappa shape index (κ2) is 6.94. The van der Waals surface area contributed by atoms with Crippen LogP contribution >= 0.6 is 0 Å². The molecule has 2 fully saturated rings. The molecule has 0 radical (unpaired) electrons. The topological polar surface area (TPSA) is 55.9 Å². The highest BCUT2D eigenvalue weighted by molar-refractivity contribution is 5.76. The van der Waals surface area contributed by atoms with Gasteiger partial charge in [-0.3, -0.25) is 9.69 Å². The fraction of sp³-hybridized carbons (Fsp3) is 0.857. The number of carbonyl (C=O) groups excluding carboxylic acids is 2. The standard InChI is InChI=1S/C14H23F3N4O2/c1-10-7-20(5-6-21(10)9-14(15,16)17)13(23)18-12-3-4-19(8-12)11(2)22/h10,12H,3-9H2,1-2H3,(H,18,23)/t10-,12+/m1/s1. The van der Waals surface area contributed by atoms with Gasteiger partial charge < -0.3 is 15.1 Å². The number of hydrogen-bond donors (Lipinski definition) is 1. The molecule has 132 valence electrons. The van der Waals surface area contributed by atoms with Crippen molar-refractivity contribution in [1.29, 1.82) is 0 Å². The summed E-state index contributed by atoms with van der Waals surface area (Å²) in [7, 11) is 0. The Morgan fingerprint density at radius 3 is 2.35 bits per heavy atom. The average molecular weight is 336 g/mol. The molecule has 6 nitrogen and oxygen atoms in total. The Morgan fingerprint density at radius 2 is 1.83 bits per heavy atom. The normalized spacial score (nSPS) is 26.5. The summed E-state index contributed by atoms with van der Waals surface area (Å²) < 4.78 is 37.4. The molecule has 2 saturated heterocycles. The van der Waals surface area contributed by atoms with E-state index in [1.807, 2.05) is 0 Å². The summed E-state index contributed by atoms with van der Waals surface area (Å²) in [5.41, 5.74) is 0. The number of hydrogen-bond acceptors (Lipinski definition) is 3. The van der Waals surface area contributed by atoms with E-state index in [0.29, 0.717) is 19.5 Å². The maximum atomic E-state index is 12.5. The van der Waals surface area contributed by atoms with Gasteiger partial charge in [0, 0.05) is 51.7 Å². The Morgan fingerprint density at radius 1 is 1.13 bits per heavy atom. The molecule has 2 rings (SSSR count). The van der Waals surface area contributed by atoms with Gasteiger partial charge in [0.05, 0.1) is 6.54 Å². The van der Waals surface area contributed by atoms with Gasteiger partial charge in [0.15, 0.2) is 0 Å². The molecule has 2 aliphatic rings. The summed E-state index contributed by atoms with van der Waals surface area (Å²) in [6.07, 6.45) is -3.52. The summed E-state index contributed by atoms with van der Waals surface area (Å²) in [5.74, 6) is -0.0175. The van der Waals surface area contributed by atoms with Crippen LogP contribution in [0.5, 0.6) is 0 Å². The van der Waals surface area contributed by atoms with Crippen LogP contribution in [0.3, 0.4) is 0 Å². The zero-order chi connectivity index (χ0) is 17.2. The quantitative estimate of drug-likeness (QED) is 0.815. The monoisotopic (exact) mass is 336 g/mol.